The Morgan fingerprint density at radius 1 is 1.69 bits per heavy atom. The highest BCUT2D eigenvalue weighted by Gasteiger charge is 1.99. The molecule has 0 saturated heterocycles. The summed E-state index contributed by atoms with van der Waals surface area (Å²) in [4.78, 5) is 4.21. The fraction of sp³-hybridized carbons (Fsp3) is 0.300. The summed E-state index contributed by atoms with van der Waals surface area (Å²) in [6.45, 7) is 6.87. The van der Waals surface area contributed by atoms with Gasteiger partial charge >= 0.3 is 0 Å². The van der Waals surface area contributed by atoms with Crippen molar-refractivity contribution in [1.29, 1.82) is 0 Å². The Hall–Kier alpha value is -0.420. The number of ether oxygens (including phenoxy) is 1. The second kappa shape index (κ2) is 5.34. The van der Waals surface area contributed by atoms with Crippen LogP contribution in [0.1, 0.15) is 12.6 Å². The summed E-state index contributed by atoms with van der Waals surface area (Å²) in [7, 11) is 0. The van der Waals surface area contributed by atoms with Gasteiger partial charge in [0.05, 0.1) is 18.9 Å². The van der Waals surface area contributed by atoms with Crippen LogP contribution < -0.4 is 0 Å². The summed E-state index contributed by atoms with van der Waals surface area (Å²) < 4.78 is 6.54. The zero-order valence-electron chi connectivity index (χ0n) is 7.59. The van der Waals surface area contributed by atoms with Crippen molar-refractivity contribution in [2.75, 3.05) is 6.61 Å². The molecule has 13 heavy (non-hydrogen) atoms. The van der Waals surface area contributed by atoms with Gasteiger partial charge in [-0.1, -0.05) is 12.2 Å². The Kier molecular flexibility index (Phi) is 4.38. The van der Waals surface area contributed by atoms with Crippen molar-refractivity contribution in [1.82, 2.24) is 4.98 Å². The SMILES string of the molecule is C=C(C)COCc1ncccc1I. The van der Waals surface area contributed by atoms with E-state index in [1.54, 1.807) is 6.20 Å². The van der Waals surface area contributed by atoms with Crippen molar-refractivity contribution in [2.24, 2.45) is 0 Å². The molecule has 70 valence electrons. The number of hydrogen-bond acceptors (Lipinski definition) is 2. The number of halogens is 1. The summed E-state index contributed by atoms with van der Waals surface area (Å²) in [6.07, 6.45) is 1.78. The van der Waals surface area contributed by atoms with Crippen LogP contribution in [-0.2, 0) is 11.3 Å². The lowest BCUT2D eigenvalue weighted by Crippen LogP contribution is -1.99. The molecule has 0 N–H and O–H groups in total. The topological polar surface area (TPSA) is 22.1 Å². The van der Waals surface area contributed by atoms with E-state index >= 15 is 0 Å². The normalized spacial score (nSPS) is 10.0. The number of rotatable bonds is 4. The molecule has 2 nitrogen and oxygen atoms in total. The number of nitrogens with zero attached hydrogens (tertiary/aromatic N) is 1. The lowest BCUT2D eigenvalue weighted by Gasteiger charge is -2.04. The van der Waals surface area contributed by atoms with Crippen LogP contribution in [0.15, 0.2) is 30.5 Å². The molecule has 3 heteroatoms. The zero-order valence-corrected chi connectivity index (χ0v) is 9.74. The van der Waals surface area contributed by atoms with Crippen molar-refractivity contribution >= 4 is 22.6 Å². The van der Waals surface area contributed by atoms with Crippen LogP contribution in [0.5, 0.6) is 0 Å². The summed E-state index contributed by atoms with van der Waals surface area (Å²) in [5.74, 6) is 0. The monoisotopic (exact) mass is 289 g/mol. The highest BCUT2D eigenvalue weighted by molar-refractivity contribution is 14.1. The first-order valence-corrected chi connectivity index (χ1v) is 5.09. The van der Waals surface area contributed by atoms with E-state index in [9.17, 15) is 0 Å². The standard InChI is InChI=1S/C10H12INO/c1-8(2)6-13-7-10-9(11)4-3-5-12-10/h3-5H,1,6-7H2,2H3. The van der Waals surface area contributed by atoms with E-state index in [0.717, 1.165) is 14.8 Å². The van der Waals surface area contributed by atoms with Crippen molar-refractivity contribution in [3.05, 3.63) is 39.7 Å². The summed E-state index contributed by atoms with van der Waals surface area (Å²) in [5.41, 5.74) is 2.02. The Labute approximate surface area is 92.2 Å². The molecule has 0 unspecified atom stereocenters. The molecule has 0 fully saturated rings. The van der Waals surface area contributed by atoms with Gasteiger partial charge in [0.15, 0.2) is 0 Å². The minimum atomic E-state index is 0.561. The van der Waals surface area contributed by atoms with Gasteiger partial charge in [0.25, 0.3) is 0 Å². The average Bonchev–Trinajstić information content (AvgIpc) is 2.08. The van der Waals surface area contributed by atoms with E-state index < -0.39 is 0 Å². The summed E-state index contributed by atoms with van der Waals surface area (Å²) >= 11 is 2.25. The lowest BCUT2D eigenvalue weighted by molar-refractivity contribution is 0.139. The van der Waals surface area contributed by atoms with Crippen molar-refractivity contribution in [3.8, 4) is 0 Å². The molecular weight excluding hydrogens is 277 g/mol. The van der Waals surface area contributed by atoms with Gasteiger partial charge < -0.3 is 4.74 Å². The van der Waals surface area contributed by atoms with Crippen LogP contribution in [0, 0.1) is 3.57 Å². The van der Waals surface area contributed by atoms with Crippen LogP contribution in [-0.4, -0.2) is 11.6 Å². The molecule has 1 aromatic heterocycles. The van der Waals surface area contributed by atoms with Gasteiger partial charge in [-0.15, -0.1) is 0 Å². The minimum absolute atomic E-state index is 0.561. The predicted octanol–water partition coefficient (Wildman–Crippen LogP) is 2.78. The highest BCUT2D eigenvalue weighted by Crippen LogP contribution is 2.09. The molecular formula is C10H12INO. The van der Waals surface area contributed by atoms with Crippen LogP contribution in [0.2, 0.25) is 0 Å². The van der Waals surface area contributed by atoms with Crippen molar-refractivity contribution < 1.29 is 4.74 Å². The van der Waals surface area contributed by atoms with E-state index in [-0.39, 0.29) is 0 Å². The number of pyridine rings is 1. The Bertz CT molecular complexity index is 299. The quantitative estimate of drug-likeness (QED) is 0.628. The molecule has 1 aromatic rings. The molecule has 0 aliphatic heterocycles. The molecule has 0 aliphatic rings. The molecule has 0 spiro atoms. The maximum absolute atomic E-state index is 5.40. The largest absolute Gasteiger partial charge is 0.371 e. The van der Waals surface area contributed by atoms with E-state index in [1.807, 2.05) is 19.1 Å². The van der Waals surface area contributed by atoms with Crippen LogP contribution >= 0.6 is 22.6 Å². The maximum atomic E-state index is 5.40. The first-order valence-electron chi connectivity index (χ1n) is 4.01. The summed E-state index contributed by atoms with van der Waals surface area (Å²) in [5, 5.41) is 0. The van der Waals surface area contributed by atoms with E-state index in [1.165, 1.54) is 0 Å². The fourth-order valence-corrected chi connectivity index (χ4v) is 1.35. The minimum Gasteiger partial charge on any atom is -0.371 e. The lowest BCUT2D eigenvalue weighted by atomic mass is 10.3. The van der Waals surface area contributed by atoms with Gasteiger partial charge in [-0.05, 0) is 41.6 Å². The Balaban J connectivity index is 2.45. The Morgan fingerprint density at radius 3 is 3.08 bits per heavy atom. The third kappa shape index (κ3) is 3.87. The first kappa shape index (κ1) is 10.7. The molecule has 0 aliphatic carbocycles. The second-order valence-corrected chi connectivity index (χ2v) is 4.04. The molecule has 0 aromatic carbocycles. The van der Waals surface area contributed by atoms with Gasteiger partial charge in [-0.2, -0.15) is 0 Å². The Morgan fingerprint density at radius 2 is 2.46 bits per heavy atom. The van der Waals surface area contributed by atoms with Gasteiger partial charge in [-0.3, -0.25) is 4.98 Å². The van der Waals surface area contributed by atoms with Gasteiger partial charge in [0.2, 0.25) is 0 Å². The first-order chi connectivity index (χ1) is 6.20. The van der Waals surface area contributed by atoms with Crippen molar-refractivity contribution in [2.45, 2.75) is 13.5 Å². The predicted molar refractivity (Wildman–Crippen MR) is 61.4 cm³/mol. The molecule has 0 bridgehead atoms. The third-order valence-electron chi connectivity index (χ3n) is 1.42. The van der Waals surface area contributed by atoms with Crippen molar-refractivity contribution in [3.63, 3.8) is 0 Å². The van der Waals surface area contributed by atoms with Gasteiger partial charge in [-0.25, -0.2) is 0 Å². The van der Waals surface area contributed by atoms with E-state index in [2.05, 4.69) is 34.2 Å². The molecule has 1 heterocycles. The maximum Gasteiger partial charge on any atom is 0.0903 e. The van der Waals surface area contributed by atoms with Crippen LogP contribution in [0.3, 0.4) is 0 Å². The molecule has 0 amide bonds. The fourth-order valence-electron chi connectivity index (χ4n) is 0.847. The van der Waals surface area contributed by atoms with Gasteiger partial charge in [0, 0.05) is 9.77 Å². The van der Waals surface area contributed by atoms with Crippen LogP contribution in [0.4, 0.5) is 0 Å². The zero-order chi connectivity index (χ0) is 9.68. The summed E-state index contributed by atoms with van der Waals surface area (Å²) in [6, 6.07) is 3.94. The smallest absolute Gasteiger partial charge is 0.0903 e. The average molecular weight is 289 g/mol. The van der Waals surface area contributed by atoms with Gasteiger partial charge in [0.1, 0.15) is 0 Å². The highest BCUT2D eigenvalue weighted by atomic mass is 127. The number of aromatic nitrogens is 1. The molecule has 0 saturated carbocycles. The van der Waals surface area contributed by atoms with E-state index in [4.69, 9.17) is 4.74 Å². The molecule has 0 atom stereocenters. The molecule has 0 radical (unpaired) electrons. The number of hydrogen-bond donors (Lipinski definition) is 0. The molecule has 1 rings (SSSR count). The third-order valence-corrected chi connectivity index (χ3v) is 2.40. The second-order valence-electron chi connectivity index (χ2n) is 2.88. The van der Waals surface area contributed by atoms with Crippen LogP contribution in [0.25, 0.3) is 0 Å². The van der Waals surface area contributed by atoms with E-state index in [0.29, 0.717) is 13.2 Å².